The van der Waals surface area contributed by atoms with Gasteiger partial charge in [0.1, 0.15) is 23.1 Å². The molecule has 25 heavy (non-hydrogen) atoms. The van der Waals surface area contributed by atoms with Crippen molar-refractivity contribution in [2.75, 3.05) is 20.8 Å². The van der Waals surface area contributed by atoms with Gasteiger partial charge >= 0.3 is 5.97 Å². The molecule has 0 aliphatic heterocycles. The van der Waals surface area contributed by atoms with E-state index in [4.69, 9.17) is 14.2 Å². The highest BCUT2D eigenvalue weighted by Gasteiger charge is 2.20. The summed E-state index contributed by atoms with van der Waals surface area (Å²) in [6.07, 6.45) is 0. The number of hydrogen-bond acceptors (Lipinski definition) is 5. The van der Waals surface area contributed by atoms with Crippen molar-refractivity contribution in [3.8, 4) is 17.6 Å². The molecule has 0 aliphatic carbocycles. The lowest BCUT2D eigenvalue weighted by Crippen LogP contribution is -2.09. The van der Waals surface area contributed by atoms with Crippen molar-refractivity contribution in [2.24, 2.45) is 0 Å². The van der Waals surface area contributed by atoms with Crippen LogP contribution in [-0.2, 0) is 9.53 Å². The van der Waals surface area contributed by atoms with Crippen molar-refractivity contribution in [1.29, 1.82) is 5.26 Å². The molecule has 0 saturated heterocycles. The molecule has 0 saturated carbocycles. The predicted octanol–water partition coefficient (Wildman–Crippen LogP) is 3.59. The average molecular weight is 337 g/mol. The Morgan fingerprint density at radius 2 is 1.36 bits per heavy atom. The number of ether oxygens (including phenoxy) is 3. The molecule has 5 nitrogen and oxygen atoms in total. The third-order valence-electron chi connectivity index (χ3n) is 3.60. The minimum absolute atomic E-state index is 0.0443. The summed E-state index contributed by atoms with van der Waals surface area (Å²) in [5, 5.41) is 9.56. The molecule has 2 rings (SSSR count). The Morgan fingerprint density at radius 3 is 1.68 bits per heavy atom. The summed E-state index contributed by atoms with van der Waals surface area (Å²) in [5.74, 6) is 0.728. The Morgan fingerprint density at radius 1 is 0.920 bits per heavy atom. The lowest BCUT2D eigenvalue weighted by atomic mass is 9.93. The molecule has 0 amide bonds. The van der Waals surface area contributed by atoms with Crippen molar-refractivity contribution in [2.45, 2.75) is 6.92 Å². The summed E-state index contributed by atoms with van der Waals surface area (Å²) >= 11 is 0. The van der Waals surface area contributed by atoms with Gasteiger partial charge in [0.05, 0.1) is 20.8 Å². The third-order valence-corrected chi connectivity index (χ3v) is 3.60. The molecule has 2 aromatic carbocycles. The van der Waals surface area contributed by atoms with Crippen molar-refractivity contribution in [3.63, 3.8) is 0 Å². The summed E-state index contributed by atoms with van der Waals surface area (Å²) in [6, 6.07) is 16.3. The standard InChI is InChI=1S/C20H19NO4/c1-4-25-20(22)18(13-21)19(14-5-9-16(23-2)10-6-14)15-7-11-17(24-3)12-8-15/h5-12H,4H2,1-3H3. The Kier molecular flexibility index (Phi) is 6.19. The van der Waals surface area contributed by atoms with Gasteiger partial charge in [0, 0.05) is 5.57 Å². The molecule has 128 valence electrons. The second kappa shape index (κ2) is 8.55. The van der Waals surface area contributed by atoms with Gasteiger partial charge in [0.15, 0.2) is 0 Å². The van der Waals surface area contributed by atoms with Gasteiger partial charge in [-0.15, -0.1) is 0 Å². The van der Waals surface area contributed by atoms with Crippen LogP contribution in [0.5, 0.6) is 11.5 Å². The Labute approximate surface area is 147 Å². The third kappa shape index (κ3) is 4.18. The molecule has 0 heterocycles. The van der Waals surface area contributed by atoms with E-state index in [-0.39, 0.29) is 12.2 Å². The van der Waals surface area contributed by atoms with Crippen molar-refractivity contribution >= 4 is 11.5 Å². The molecular formula is C20H19NO4. The molecule has 0 atom stereocenters. The van der Waals surface area contributed by atoms with Crippen LogP contribution in [0.25, 0.3) is 5.57 Å². The molecule has 0 spiro atoms. The zero-order valence-corrected chi connectivity index (χ0v) is 14.4. The minimum atomic E-state index is -0.647. The topological polar surface area (TPSA) is 68.6 Å². The number of nitrogens with zero attached hydrogens (tertiary/aromatic N) is 1. The van der Waals surface area contributed by atoms with E-state index in [2.05, 4.69) is 0 Å². The number of carbonyl (C=O) groups excluding carboxylic acids is 1. The fourth-order valence-corrected chi connectivity index (χ4v) is 2.38. The van der Waals surface area contributed by atoms with Crippen LogP contribution in [0.4, 0.5) is 0 Å². The van der Waals surface area contributed by atoms with Crippen LogP contribution in [0, 0.1) is 11.3 Å². The molecular weight excluding hydrogens is 318 g/mol. The SMILES string of the molecule is CCOC(=O)C(C#N)=C(c1ccc(OC)cc1)c1ccc(OC)cc1. The van der Waals surface area contributed by atoms with E-state index in [1.54, 1.807) is 69.7 Å². The number of esters is 1. The number of nitriles is 1. The Hall–Kier alpha value is -3.26. The number of benzene rings is 2. The van der Waals surface area contributed by atoms with Gasteiger partial charge in [0.2, 0.25) is 0 Å². The van der Waals surface area contributed by atoms with Gasteiger partial charge < -0.3 is 14.2 Å². The lowest BCUT2D eigenvalue weighted by Gasteiger charge is -2.12. The van der Waals surface area contributed by atoms with Crippen molar-refractivity contribution < 1.29 is 19.0 Å². The van der Waals surface area contributed by atoms with E-state index >= 15 is 0 Å². The fourth-order valence-electron chi connectivity index (χ4n) is 2.38. The maximum atomic E-state index is 12.3. The summed E-state index contributed by atoms with van der Waals surface area (Å²) in [5.41, 5.74) is 1.90. The quantitative estimate of drug-likeness (QED) is 0.458. The first-order valence-electron chi connectivity index (χ1n) is 7.75. The number of methoxy groups -OCH3 is 2. The van der Waals surface area contributed by atoms with Gasteiger partial charge in [-0.1, -0.05) is 24.3 Å². The van der Waals surface area contributed by atoms with E-state index in [1.807, 2.05) is 6.07 Å². The van der Waals surface area contributed by atoms with E-state index in [0.29, 0.717) is 17.1 Å². The minimum Gasteiger partial charge on any atom is -0.497 e. The zero-order chi connectivity index (χ0) is 18.2. The Bertz CT molecular complexity index is 750. The molecule has 0 bridgehead atoms. The first-order valence-corrected chi connectivity index (χ1v) is 7.75. The van der Waals surface area contributed by atoms with Crippen LogP contribution < -0.4 is 9.47 Å². The fraction of sp³-hybridized carbons (Fsp3) is 0.200. The molecule has 0 aromatic heterocycles. The zero-order valence-electron chi connectivity index (χ0n) is 14.4. The monoisotopic (exact) mass is 337 g/mol. The van der Waals surface area contributed by atoms with Crippen molar-refractivity contribution in [3.05, 3.63) is 65.2 Å². The van der Waals surface area contributed by atoms with E-state index in [1.165, 1.54) is 0 Å². The molecule has 0 unspecified atom stereocenters. The van der Waals surface area contributed by atoms with Gasteiger partial charge in [-0.25, -0.2) is 4.79 Å². The summed E-state index contributed by atoms with van der Waals surface area (Å²) < 4.78 is 15.4. The number of hydrogen-bond donors (Lipinski definition) is 0. The van der Waals surface area contributed by atoms with Crippen molar-refractivity contribution in [1.82, 2.24) is 0 Å². The molecule has 0 aliphatic rings. The predicted molar refractivity (Wildman–Crippen MR) is 94.3 cm³/mol. The largest absolute Gasteiger partial charge is 0.497 e. The van der Waals surface area contributed by atoms with Gasteiger partial charge in [-0.2, -0.15) is 5.26 Å². The first kappa shape index (κ1) is 18.1. The number of carbonyl (C=O) groups is 1. The molecule has 0 N–H and O–H groups in total. The van der Waals surface area contributed by atoms with E-state index in [0.717, 1.165) is 11.1 Å². The maximum absolute atomic E-state index is 12.3. The highest BCUT2D eigenvalue weighted by atomic mass is 16.5. The van der Waals surface area contributed by atoms with Gasteiger partial charge in [-0.05, 0) is 42.3 Å². The average Bonchev–Trinajstić information content (AvgIpc) is 2.66. The lowest BCUT2D eigenvalue weighted by molar-refractivity contribution is -0.137. The molecule has 0 radical (unpaired) electrons. The first-order chi connectivity index (χ1) is 12.1. The smallest absolute Gasteiger partial charge is 0.349 e. The van der Waals surface area contributed by atoms with E-state index in [9.17, 15) is 10.1 Å². The summed E-state index contributed by atoms with van der Waals surface area (Å²) in [7, 11) is 3.16. The summed E-state index contributed by atoms with van der Waals surface area (Å²) in [4.78, 5) is 12.3. The van der Waals surface area contributed by atoms with Gasteiger partial charge in [-0.3, -0.25) is 0 Å². The molecule has 5 heteroatoms. The molecule has 2 aromatic rings. The summed E-state index contributed by atoms with van der Waals surface area (Å²) in [6.45, 7) is 1.90. The van der Waals surface area contributed by atoms with Crippen LogP contribution in [0.3, 0.4) is 0 Å². The van der Waals surface area contributed by atoms with Crippen LogP contribution >= 0.6 is 0 Å². The molecule has 0 fully saturated rings. The number of rotatable bonds is 6. The highest BCUT2D eigenvalue weighted by molar-refractivity contribution is 6.05. The maximum Gasteiger partial charge on any atom is 0.349 e. The van der Waals surface area contributed by atoms with Crippen LogP contribution in [0.1, 0.15) is 18.1 Å². The van der Waals surface area contributed by atoms with Crippen LogP contribution in [0.2, 0.25) is 0 Å². The second-order valence-electron chi connectivity index (χ2n) is 5.04. The van der Waals surface area contributed by atoms with Crippen LogP contribution in [-0.4, -0.2) is 26.8 Å². The Balaban J connectivity index is 2.64. The highest BCUT2D eigenvalue weighted by Crippen LogP contribution is 2.30. The van der Waals surface area contributed by atoms with E-state index < -0.39 is 5.97 Å². The van der Waals surface area contributed by atoms with Gasteiger partial charge in [0.25, 0.3) is 0 Å². The normalized spacial score (nSPS) is 9.68. The second-order valence-corrected chi connectivity index (χ2v) is 5.04. The van der Waals surface area contributed by atoms with Crippen LogP contribution in [0.15, 0.2) is 54.1 Å².